The van der Waals surface area contributed by atoms with Gasteiger partial charge in [-0.2, -0.15) is 5.26 Å². The van der Waals surface area contributed by atoms with Crippen LogP contribution < -0.4 is 15.4 Å². The summed E-state index contributed by atoms with van der Waals surface area (Å²) < 4.78 is 5.57. The monoisotopic (exact) mass is 650 g/mol. The molecule has 3 aromatic carbocycles. The highest BCUT2D eigenvalue weighted by molar-refractivity contribution is 6.32. The minimum absolute atomic E-state index is 0.00337. The minimum atomic E-state index is -1.12. The number of benzene rings is 3. The number of ketones is 1. The van der Waals surface area contributed by atoms with Crippen molar-refractivity contribution in [1.29, 1.82) is 5.26 Å². The van der Waals surface area contributed by atoms with E-state index in [1.165, 1.54) is 48.5 Å². The lowest BCUT2D eigenvalue weighted by Gasteiger charge is -2.19. The number of rotatable bonds is 11. The molecule has 0 heterocycles. The van der Waals surface area contributed by atoms with E-state index >= 15 is 0 Å². The van der Waals surface area contributed by atoms with Gasteiger partial charge < -0.3 is 20.5 Å². The van der Waals surface area contributed by atoms with Crippen LogP contribution in [-0.2, 0) is 14.4 Å². The number of hydrogen-bond acceptors (Lipinski definition) is 8. The van der Waals surface area contributed by atoms with Gasteiger partial charge in [-0.1, -0.05) is 35.0 Å². The van der Waals surface area contributed by atoms with E-state index in [0.29, 0.717) is 0 Å². The molecule has 3 N–H and O–H groups in total. The van der Waals surface area contributed by atoms with Gasteiger partial charge >= 0.3 is 5.97 Å². The minimum Gasteiger partial charge on any atom is -0.483 e. The second kappa shape index (κ2) is 14.8. The molecule has 3 rings (SSSR count). The van der Waals surface area contributed by atoms with E-state index in [-0.39, 0.29) is 56.6 Å². The van der Waals surface area contributed by atoms with Gasteiger partial charge in [0.1, 0.15) is 11.4 Å². The van der Waals surface area contributed by atoms with Gasteiger partial charge in [-0.15, -0.1) is 0 Å². The predicted molar refractivity (Wildman–Crippen MR) is 164 cm³/mol. The molecule has 230 valence electrons. The molecule has 0 aliphatic rings. The summed E-state index contributed by atoms with van der Waals surface area (Å²) in [5.74, 6) is 2.53. The number of hydrogen-bond donors (Lipinski definition) is 3. The highest BCUT2D eigenvalue weighted by Crippen LogP contribution is 2.28. The molecule has 3 aromatic rings. The SMILES string of the molecule is CC(C)(C#Cc1ccc(NC(=O)COc2ccc(Cl)cc2C(=O)c2cc(Cl)cc(C#N)c2)c([N+](=O)[O-])c1)NC(=O)CCC(=O)O. The van der Waals surface area contributed by atoms with Gasteiger partial charge in [0.05, 0.1) is 34.1 Å². The van der Waals surface area contributed by atoms with Gasteiger partial charge in [-0.25, -0.2) is 0 Å². The fourth-order valence-electron chi connectivity index (χ4n) is 3.83. The number of amides is 2. The van der Waals surface area contributed by atoms with E-state index in [9.17, 15) is 34.6 Å². The summed E-state index contributed by atoms with van der Waals surface area (Å²) in [6.07, 6.45) is -0.573. The largest absolute Gasteiger partial charge is 0.483 e. The number of nitrogens with one attached hydrogen (secondary N) is 2. The van der Waals surface area contributed by atoms with Crippen molar-refractivity contribution in [3.05, 3.63) is 97.0 Å². The Bertz CT molecular complexity index is 1810. The summed E-state index contributed by atoms with van der Waals surface area (Å²) in [6.45, 7) is 2.54. The van der Waals surface area contributed by atoms with Crippen molar-refractivity contribution in [1.82, 2.24) is 5.32 Å². The van der Waals surface area contributed by atoms with Crippen LogP contribution in [0.2, 0.25) is 10.0 Å². The molecule has 0 aliphatic heterocycles. The van der Waals surface area contributed by atoms with E-state index in [0.717, 1.165) is 6.07 Å². The Hall–Kier alpha value is -5.43. The number of carbonyl (C=O) groups excluding carboxylic acids is 3. The second-order valence-corrected chi connectivity index (χ2v) is 10.8. The number of carbonyl (C=O) groups is 4. The molecule has 0 aliphatic carbocycles. The van der Waals surface area contributed by atoms with Crippen molar-refractivity contribution in [2.24, 2.45) is 0 Å². The van der Waals surface area contributed by atoms with Gasteiger partial charge in [0.2, 0.25) is 5.91 Å². The lowest BCUT2D eigenvalue weighted by atomic mass is 10.0. The lowest BCUT2D eigenvalue weighted by molar-refractivity contribution is -0.383. The van der Waals surface area contributed by atoms with Gasteiger partial charge in [-0.3, -0.25) is 29.3 Å². The fourth-order valence-corrected chi connectivity index (χ4v) is 4.24. The maximum absolute atomic E-state index is 13.2. The zero-order valence-corrected chi connectivity index (χ0v) is 25.3. The molecular formula is C31H24Cl2N4O8. The molecular weight excluding hydrogens is 627 g/mol. The van der Waals surface area contributed by atoms with Crippen LogP contribution in [0.4, 0.5) is 11.4 Å². The lowest BCUT2D eigenvalue weighted by Crippen LogP contribution is -2.42. The number of nitro benzene ring substituents is 1. The Morgan fingerprint density at radius 2 is 1.71 bits per heavy atom. The number of carboxylic acids is 1. The summed E-state index contributed by atoms with van der Waals surface area (Å²) in [7, 11) is 0. The molecule has 45 heavy (non-hydrogen) atoms. The van der Waals surface area contributed by atoms with E-state index in [4.69, 9.17) is 33.0 Å². The Labute approximate surface area is 267 Å². The van der Waals surface area contributed by atoms with Crippen molar-refractivity contribution < 1.29 is 33.9 Å². The molecule has 0 unspecified atom stereocenters. The molecule has 0 radical (unpaired) electrons. The smallest absolute Gasteiger partial charge is 0.303 e. The van der Waals surface area contributed by atoms with Crippen molar-refractivity contribution in [3.8, 4) is 23.7 Å². The Balaban J connectivity index is 1.74. The van der Waals surface area contributed by atoms with Gasteiger partial charge in [-0.05, 0) is 62.4 Å². The molecule has 0 bridgehead atoms. The molecule has 0 saturated heterocycles. The van der Waals surface area contributed by atoms with Crippen LogP contribution in [0.5, 0.6) is 5.75 Å². The first-order valence-corrected chi connectivity index (χ1v) is 13.7. The third-order valence-corrected chi connectivity index (χ3v) is 6.29. The number of nitrogens with zero attached hydrogens (tertiary/aromatic N) is 2. The molecule has 14 heteroatoms. The van der Waals surface area contributed by atoms with E-state index < -0.39 is 46.3 Å². The molecule has 0 aromatic heterocycles. The van der Waals surface area contributed by atoms with Crippen LogP contribution in [0.15, 0.2) is 54.6 Å². The van der Waals surface area contributed by atoms with Crippen LogP contribution in [0, 0.1) is 33.3 Å². The molecule has 0 fully saturated rings. The number of halogens is 2. The Kier molecular flexibility index (Phi) is 11.2. The summed E-state index contributed by atoms with van der Waals surface area (Å²) in [5, 5.41) is 35.0. The topological polar surface area (TPSA) is 189 Å². The number of anilines is 1. The van der Waals surface area contributed by atoms with Crippen LogP contribution in [0.25, 0.3) is 0 Å². The van der Waals surface area contributed by atoms with Crippen molar-refractivity contribution in [2.75, 3.05) is 11.9 Å². The average molecular weight is 651 g/mol. The highest BCUT2D eigenvalue weighted by atomic mass is 35.5. The van der Waals surface area contributed by atoms with Crippen LogP contribution >= 0.6 is 23.2 Å². The normalized spacial score (nSPS) is 10.5. The van der Waals surface area contributed by atoms with Crippen LogP contribution in [0.1, 0.15) is 53.7 Å². The molecule has 0 spiro atoms. The fraction of sp³-hybridized carbons (Fsp3) is 0.194. The zero-order chi connectivity index (χ0) is 33.3. The third-order valence-electron chi connectivity index (χ3n) is 5.84. The van der Waals surface area contributed by atoms with E-state index in [1.54, 1.807) is 13.8 Å². The highest BCUT2D eigenvalue weighted by Gasteiger charge is 2.21. The zero-order valence-electron chi connectivity index (χ0n) is 23.8. The molecule has 0 saturated carbocycles. The molecule has 12 nitrogen and oxygen atoms in total. The van der Waals surface area contributed by atoms with Crippen LogP contribution in [0.3, 0.4) is 0 Å². The average Bonchev–Trinajstić information content (AvgIpc) is 2.97. The maximum Gasteiger partial charge on any atom is 0.303 e. The van der Waals surface area contributed by atoms with E-state index in [2.05, 4.69) is 22.5 Å². The van der Waals surface area contributed by atoms with Gasteiger partial charge in [0.25, 0.3) is 11.6 Å². The first kappa shape index (κ1) is 34.1. The first-order valence-electron chi connectivity index (χ1n) is 13.0. The predicted octanol–water partition coefficient (Wildman–Crippen LogP) is 5.13. The van der Waals surface area contributed by atoms with Crippen molar-refractivity contribution >= 4 is 58.1 Å². The van der Waals surface area contributed by atoms with Crippen molar-refractivity contribution in [2.45, 2.75) is 32.2 Å². The van der Waals surface area contributed by atoms with Gasteiger partial charge in [0, 0.05) is 33.7 Å². The molecule has 2 amide bonds. The summed E-state index contributed by atoms with van der Waals surface area (Å²) >= 11 is 12.1. The summed E-state index contributed by atoms with van der Waals surface area (Å²) in [6, 6.07) is 14.0. The summed E-state index contributed by atoms with van der Waals surface area (Å²) in [5.41, 5.74) is -1.20. The standard InChI is InChI=1S/C31H24Cl2N4O8/c1-31(2,36-27(38)7-8-29(40)41)10-9-18-3-5-24(25(13-18)37(43)44)35-28(39)17-45-26-6-4-21(32)15-23(26)30(42)20-11-19(16-34)12-22(33)14-20/h3-6,11-15H,7-8,17H2,1-2H3,(H,35,39)(H,36,38)(H,40,41). The number of nitriles is 1. The number of carboxylic acid groups (broad SMARTS) is 1. The Morgan fingerprint density at radius 1 is 0.978 bits per heavy atom. The van der Waals surface area contributed by atoms with Crippen LogP contribution in [-0.4, -0.2) is 45.7 Å². The third kappa shape index (κ3) is 10.1. The van der Waals surface area contributed by atoms with Gasteiger partial charge in [0.15, 0.2) is 12.4 Å². The van der Waals surface area contributed by atoms with Crippen molar-refractivity contribution in [3.63, 3.8) is 0 Å². The molecule has 0 atom stereocenters. The Morgan fingerprint density at radius 3 is 2.38 bits per heavy atom. The number of nitro groups is 1. The number of aliphatic carboxylic acids is 1. The van der Waals surface area contributed by atoms with E-state index in [1.807, 2.05) is 6.07 Å². The number of ether oxygens (including phenoxy) is 1. The maximum atomic E-state index is 13.2. The first-order chi connectivity index (χ1) is 21.2. The second-order valence-electron chi connectivity index (χ2n) is 9.95. The summed E-state index contributed by atoms with van der Waals surface area (Å²) in [4.78, 5) is 59.6. The quantitative estimate of drug-likeness (QED) is 0.109.